The summed E-state index contributed by atoms with van der Waals surface area (Å²) in [4.78, 5) is 12.6. The third-order valence-electron chi connectivity index (χ3n) is 4.64. The van der Waals surface area contributed by atoms with E-state index in [1.54, 1.807) is 30.3 Å². The molecule has 0 radical (unpaired) electrons. The van der Waals surface area contributed by atoms with Crippen molar-refractivity contribution < 1.29 is 13.2 Å². The Hall–Kier alpha value is -1.76. The molecule has 27 heavy (non-hydrogen) atoms. The minimum atomic E-state index is -3.35. The zero-order valence-electron chi connectivity index (χ0n) is 15.2. The highest BCUT2D eigenvalue weighted by Gasteiger charge is 2.32. The molecule has 1 amide bonds. The molecule has 0 saturated carbocycles. The van der Waals surface area contributed by atoms with Gasteiger partial charge in [0, 0.05) is 11.6 Å². The molecule has 0 aliphatic carbocycles. The van der Waals surface area contributed by atoms with E-state index in [-0.39, 0.29) is 18.0 Å². The van der Waals surface area contributed by atoms with Crippen LogP contribution < -0.4 is 9.62 Å². The zero-order valence-corrected chi connectivity index (χ0v) is 17.5. The van der Waals surface area contributed by atoms with Crippen LogP contribution in [0.1, 0.15) is 41.4 Å². The Morgan fingerprint density at radius 1 is 1.19 bits per heavy atom. The molecule has 0 aromatic heterocycles. The number of nitrogens with zero attached hydrogens (tertiary/aromatic N) is 1. The van der Waals surface area contributed by atoms with E-state index in [1.807, 2.05) is 19.9 Å². The zero-order chi connectivity index (χ0) is 19.9. The average molecular weight is 427 g/mol. The molecule has 144 valence electrons. The van der Waals surface area contributed by atoms with Crippen LogP contribution in [0.2, 0.25) is 10.0 Å². The Kier molecular flexibility index (Phi) is 5.43. The van der Waals surface area contributed by atoms with Crippen molar-refractivity contribution >= 4 is 44.8 Å². The molecule has 0 spiro atoms. The first kappa shape index (κ1) is 20.0. The number of anilines is 1. The Bertz CT molecular complexity index is 1010. The highest BCUT2D eigenvalue weighted by atomic mass is 35.5. The van der Waals surface area contributed by atoms with Gasteiger partial charge in [0.15, 0.2) is 0 Å². The van der Waals surface area contributed by atoms with Gasteiger partial charge in [-0.1, -0.05) is 29.3 Å². The first-order valence-electron chi connectivity index (χ1n) is 8.46. The molecule has 1 aliphatic heterocycles. The van der Waals surface area contributed by atoms with Crippen LogP contribution >= 0.6 is 23.2 Å². The highest BCUT2D eigenvalue weighted by Crippen LogP contribution is 2.35. The number of halogens is 2. The Balaban J connectivity index is 1.81. The van der Waals surface area contributed by atoms with Gasteiger partial charge < -0.3 is 5.32 Å². The first-order chi connectivity index (χ1) is 12.6. The number of hydrogen-bond acceptors (Lipinski definition) is 3. The van der Waals surface area contributed by atoms with Crippen molar-refractivity contribution in [2.75, 3.05) is 10.6 Å². The summed E-state index contributed by atoms with van der Waals surface area (Å²) < 4.78 is 25.4. The van der Waals surface area contributed by atoms with E-state index in [0.717, 1.165) is 11.1 Å². The average Bonchev–Trinajstić information content (AvgIpc) is 2.92. The summed E-state index contributed by atoms with van der Waals surface area (Å²) in [7, 11) is -3.35. The van der Waals surface area contributed by atoms with Crippen LogP contribution in [-0.4, -0.2) is 26.6 Å². The molecular weight excluding hydrogens is 407 g/mol. The number of nitrogens with one attached hydrogen (secondary N) is 1. The fourth-order valence-corrected chi connectivity index (χ4v) is 4.96. The molecule has 5 nitrogen and oxygen atoms in total. The van der Waals surface area contributed by atoms with E-state index in [1.165, 1.54) is 10.6 Å². The fourth-order valence-electron chi connectivity index (χ4n) is 3.39. The summed E-state index contributed by atoms with van der Waals surface area (Å²) in [6.45, 7) is 3.71. The van der Waals surface area contributed by atoms with E-state index < -0.39 is 10.0 Å². The number of hydrogen-bond donors (Lipinski definition) is 1. The number of benzene rings is 2. The van der Waals surface area contributed by atoms with Crippen molar-refractivity contribution in [3.8, 4) is 0 Å². The number of carbonyl (C=O) groups is 1. The lowest BCUT2D eigenvalue weighted by Gasteiger charge is -2.22. The third-order valence-corrected chi connectivity index (χ3v) is 6.65. The van der Waals surface area contributed by atoms with Gasteiger partial charge in [-0.05, 0) is 61.7 Å². The summed E-state index contributed by atoms with van der Waals surface area (Å²) in [6.07, 6.45) is 1.77. The van der Waals surface area contributed by atoms with Crippen LogP contribution in [-0.2, 0) is 16.4 Å². The van der Waals surface area contributed by atoms with E-state index >= 15 is 0 Å². The maximum atomic E-state index is 12.6. The second-order valence-corrected chi connectivity index (χ2v) is 9.50. The van der Waals surface area contributed by atoms with Crippen LogP contribution in [0.15, 0.2) is 36.4 Å². The van der Waals surface area contributed by atoms with Gasteiger partial charge in [0.2, 0.25) is 10.0 Å². The van der Waals surface area contributed by atoms with Crippen molar-refractivity contribution in [3.05, 3.63) is 63.1 Å². The van der Waals surface area contributed by atoms with Gasteiger partial charge in [-0.25, -0.2) is 8.42 Å². The van der Waals surface area contributed by atoms with Gasteiger partial charge >= 0.3 is 0 Å². The fraction of sp³-hybridized carbons (Fsp3) is 0.316. The minimum Gasteiger partial charge on any atom is -0.346 e. The molecule has 2 atom stereocenters. The summed E-state index contributed by atoms with van der Waals surface area (Å²) in [6, 6.07) is 9.91. The largest absolute Gasteiger partial charge is 0.346 e. The van der Waals surface area contributed by atoms with Crippen LogP contribution in [0, 0.1) is 0 Å². The predicted molar refractivity (Wildman–Crippen MR) is 109 cm³/mol. The molecule has 1 N–H and O–H groups in total. The summed E-state index contributed by atoms with van der Waals surface area (Å²) in [5.41, 5.74) is 2.82. The number of carbonyl (C=O) groups excluding carboxylic acids is 1. The summed E-state index contributed by atoms with van der Waals surface area (Å²) in [5.74, 6) is -0.234. The lowest BCUT2D eigenvalue weighted by Crippen LogP contribution is -2.34. The normalized spacial score (nSPS) is 17.5. The standard InChI is InChI=1S/C19H20Cl2N2O3S/c1-11-8-15-9-14(5-7-18(15)23(11)27(3,25)26)19(24)22-12(2)13-4-6-16(20)17(21)10-13/h4-7,9-12H,8H2,1-3H3,(H,22,24)/t11-,12-/m0/s1. The molecule has 0 bridgehead atoms. The Labute approximate surface area is 169 Å². The second kappa shape index (κ2) is 7.34. The quantitative estimate of drug-likeness (QED) is 0.796. The molecule has 1 heterocycles. The molecule has 0 saturated heterocycles. The number of rotatable bonds is 4. The SMILES string of the molecule is C[C@H](NC(=O)c1ccc2c(c1)C[C@H](C)N2S(C)(=O)=O)c1ccc(Cl)c(Cl)c1. The van der Waals surface area contributed by atoms with Crippen LogP contribution in [0.25, 0.3) is 0 Å². The molecular formula is C19H20Cl2N2O3S. The highest BCUT2D eigenvalue weighted by molar-refractivity contribution is 7.92. The lowest BCUT2D eigenvalue weighted by molar-refractivity contribution is 0.0940. The van der Waals surface area contributed by atoms with Crippen molar-refractivity contribution in [2.45, 2.75) is 32.4 Å². The molecule has 3 rings (SSSR count). The van der Waals surface area contributed by atoms with Gasteiger partial charge in [0.05, 0.1) is 28.0 Å². The summed E-state index contributed by atoms with van der Waals surface area (Å²) >= 11 is 12.0. The van der Waals surface area contributed by atoms with E-state index in [4.69, 9.17) is 23.2 Å². The van der Waals surface area contributed by atoms with Gasteiger partial charge in [-0.3, -0.25) is 9.10 Å². The van der Waals surface area contributed by atoms with Gasteiger partial charge in [-0.2, -0.15) is 0 Å². The first-order valence-corrected chi connectivity index (χ1v) is 11.1. The maximum absolute atomic E-state index is 12.6. The number of amides is 1. The molecule has 0 unspecified atom stereocenters. The number of fused-ring (bicyclic) bond motifs is 1. The second-order valence-electron chi connectivity index (χ2n) is 6.82. The Morgan fingerprint density at radius 2 is 1.89 bits per heavy atom. The van der Waals surface area contributed by atoms with Crippen LogP contribution in [0.4, 0.5) is 5.69 Å². The lowest BCUT2D eigenvalue weighted by atomic mass is 10.0. The van der Waals surface area contributed by atoms with Crippen LogP contribution in [0.3, 0.4) is 0 Å². The van der Waals surface area contributed by atoms with E-state index in [0.29, 0.717) is 27.7 Å². The van der Waals surface area contributed by atoms with Crippen molar-refractivity contribution in [1.82, 2.24) is 5.32 Å². The van der Waals surface area contributed by atoms with Gasteiger partial charge in [0.25, 0.3) is 5.91 Å². The smallest absolute Gasteiger partial charge is 0.251 e. The minimum absolute atomic E-state index is 0.163. The maximum Gasteiger partial charge on any atom is 0.251 e. The third kappa shape index (κ3) is 4.08. The monoisotopic (exact) mass is 426 g/mol. The topological polar surface area (TPSA) is 66.5 Å². The molecule has 0 fully saturated rings. The number of sulfonamides is 1. The van der Waals surface area contributed by atoms with Gasteiger partial charge in [-0.15, -0.1) is 0 Å². The predicted octanol–water partition coefficient (Wildman–Crippen LogP) is 4.20. The summed E-state index contributed by atoms with van der Waals surface area (Å²) in [5, 5.41) is 3.82. The van der Waals surface area contributed by atoms with Crippen LogP contribution in [0.5, 0.6) is 0 Å². The van der Waals surface area contributed by atoms with E-state index in [9.17, 15) is 13.2 Å². The Morgan fingerprint density at radius 3 is 2.52 bits per heavy atom. The molecule has 1 aliphatic rings. The molecule has 2 aromatic rings. The van der Waals surface area contributed by atoms with Crippen molar-refractivity contribution in [3.63, 3.8) is 0 Å². The van der Waals surface area contributed by atoms with E-state index in [2.05, 4.69) is 5.32 Å². The van der Waals surface area contributed by atoms with Crippen molar-refractivity contribution in [1.29, 1.82) is 0 Å². The molecule has 2 aromatic carbocycles. The van der Waals surface area contributed by atoms with Gasteiger partial charge in [0.1, 0.15) is 0 Å². The van der Waals surface area contributed by atoms with Crippen molar-refractivity contribution in [2.24, 2.45) is 0 Å². The molecule has 8 heteroatoms.